The first-order valence-electron chi connectivity index (χ1n) is 3.25. The lowest BCUT2D eigenvalue weighted by Crippen LogP contribution is -2.43. The van der Waals surface area contributed by atoms with E-state index in [1.807, 2.05) is 0 Å². The zero-order valence-corrected chi connectivity index (χ0v) is 5.63. The lowest BCUT2D eigenvalue weighted by atomic mass is 10.0. The molecule has 9 heavy (non-hydrogen) atoms. The van der Waals surface area contributed by atoms with Crippen LogP contribution in [0.3, 0.4) is 0 Å². The Morgan fingerprint density at radius 3 is 2.89 bits per heavy atom. The molecule has 0 spiro atoms. The molecule has 1 fully saturated rings. The second-order valence-corrected chi connectivity index (χ2v) is 2.69. The molecule has 2 N–H and O–H groups in total. The Balaban J connectivity index is 2.44. The molecule has 0 aromatic heterocycles. The number of carbonyl (C=O) groups excluding carboxylic acids is 1. The zero-order chi connectivity index (χ0) is 6.85. The van der Waals surface area contributed by atoms with Gasteiger partial charge in [0.05, 0.1) is 0 Å². The Morgan fingerprint density at radius 1 is 1.78 bits per heavy atom. The Bertz CT molecular complexity index is 124. The molecule has 3 nitrogen and oxygen atoms in total. The van der Waals surface area contributed by atoms with Gasteiger partial charge in [-0.25, -0.2) is 5.84 Å². The first-order chi connectivity index (χ1) is 4.20. The SMILES string of the molecule is C[C@H]1CCC(=O)N(N)C1. The standard InChI is InChI=1S/C6H12N2O/c1-5-2-3-6(9)8(7)4-5/h5H,2-4,7H2,1H3/t5-/m0/s1. The average Bonchev–Trinajstić information content (AvgIpc) is 1.80. The Morgan fingerprint density at radius 2 is 2.44 bits per heavy atom. The molecule has 0 radical (unpaired) electrons. The van der Waals surface area contributed by atoms with Crippen LogP contribution in [0.4, 0.5) is 0 Å². The van der Waals surface area contributed by atoms with Gasteiger partial charge in [0, 0.05) is 13.0 Å². The number of nitrogens with zero attached hydrogens (tertiary/aromatic N) is 1. The predicted octanol–water partition coefficient (Wildman–Crippen LogP) is 0.119. The lowest BCUT2D eigenvalue weighted by Gasteiger charge is -2.26. The van der Waals surface area contributed by atoms with E-state index >= 15 is 0 Å². The topological polar surface area (TPSA) is 46.3 Å². The zero-order valence-electron chi connectivity index (χ0n) is 5.63. The van der Waals surface area contributed by atoms with Gasteiger partial charge in [0.2, 0.25) is 5.91 Å². The first kappa shape index (κ1) is 6.55. The van der Waals surface area contributed by atoms with Crippen molar-refractivity contribution in [3.63, 3.8) is 0 Å². The van der Waals surface area contributed by atoms with Crippen molar-refractivity contribution >= 4 is 5.91 Å². The van der Waals surface area contributed by atoms with Crippen molar-refractivity contribution in [3.05, 3.63) is 0 Å². The van der Waals surface area contributed by atoms with Gasteiger partial charge in [-0.2, -0.15) is 0 Å². The number of carbonyl (C=O) groups is 1. The molecule has 0 aromatic rings. The molecule has 52 valence electrons. The summed E-state index contributed by atoms with van der Waals surface area (Å²) in [7, 11) is 0. The minimum absolute atomic E-state index is 0.0769. The lowest BCUT2D eigenvalue weighted by molar-refractivity contribution is -0.134. The Kier molecular flexibility index (Phi) is 1.71. The normalized spacial score (nSPS) is 28.9. The quantitative estimate of drug-likeness (QED) is 0.372. The highest BCUT2D eigenvalue weighted by atomic mass is 16.2. The molecule has 0 saturated carbocycles. The second kappa shape index (κ2) is 2.35. The molecule has 1 amide bonds. The summed E-state index contributed by atoms with van der Waals surface area (Å²) >= 11 is 0. The fraction of sp³-hybridized carbons (Fsp3) is 0.833. The van der Waals surface area contributed by atoms with E-state index in [9.17, 15) is 4.79 Å². The monoisotopic (exact) mass is 128 g/mol. The van der Waals surface area contributed by atoms with Crippen LogP contribution < -0.4 is 5.84 Å². The maximum atomic E-state index is 10.7. The minimum Gasteiger partial charge on any atom is -0.280 e. The number of amides is 1. The van der Waals surface area contributed by atoms with Gasteiger partial charge in [0.15, 0.2) is 0 Å². The largest absolute Gasteiger partial charge is 0.280 e. The van der Waals surface area contributed by atoms with Crippen molar-refractivity contribution in [1.29, 1.82) is 0 Å². The number of piperidine rings is 1. The van der Waals surface area contributed by atoms with Crippen molar-refractivity contribution in [2.24, 2.45) is 11.8 Å². The minimum atomic E-state index is 0.0769. The van der Waals surface area contributed by atoms with E-state index in [2.05, 4.69) is 6.92 Å². The van der Waals surface area contributed by atoms with Gasteiger partial charge >= 0.3 is 0 Å². The van der Waals surface area contributed by atoms with Gasteiger partial charge in [0.1, 0.15) is 0 Å². The van der Waals surface area contributed by atoms with Crippen LogP contribution in [0.25, 0.3) is 0 Å². The van der Waals surface area contributed by atoms with Crippen molar-refractivity contribution in [3.8, 4) is 0 Å². The number of hydrogen-bond acceptors (Lipinski definition) is 2. The summed E-state index contributed by atoms with van der Waals surface area (Å²) < 4.78 is 0. The molecule has 0 bridgehead atoms. The average molecular weight is 128 g/mol. The van der Waals surface area contributed by atoms with E-state index in [1.54, 1.807) is 0 Å². The predicted molar refractivity (Wildman–Crippen MR) is 34.3 cm³/mol. The Hall–Kier alpha value is -0.570. The molecule has 1 heterocycles. The van der Waals surface area contributed by atoms with Crippen molar-refractivity contribution in [2.45, 2.75) is 19.8 Å². The van der Waals surface area contributed by atoms with Gasteiger partial charge in [-0.1, -0.05) is 6.92 Å². The van der Waals surface area contributed by atoms with Crippen LogP contribution in [0.2, 0.25) is 0 Å². The van der Waals surface area contributed by atoms with E-state index in [1.165, 1.54) is 5.01 Å². The summed E-state index contributed by atoms with van der Waals surface area (Å²) in [5, 5.41) is 1.31. The maximum absolute atomic E-state index is 10.7. The third kappa shape index (κ3) is 1.42. The molecule has 1 aliphatic heterocycles. The summed E-state index contributed by atoms with van der Waals surface area (Å²) in [4.78, 5) is 10.7. The van der Waals surface area contributed by atoms with Gasteiger partial charge in [0.25, 0.3) is 0 Å². The van der Waals surface area contributed by atoms with Crippen LogP contribution in [-0.4, -0.2) is 17.5 Å². The molecule has 1 aliphatic rings. The van der Waals surface area contributed by atoms with Gasteiger partial charge < -0.3 is 0 Å². The van der Waals surface area contributed by atoms with Crippen molar-refractivity contribution < 1.29 is 4.79 Å². The summed E-state index contributed by atoms with van der Waals surface area (Å²) in [6.07, 6.45) is 1.62. The molecular weight excluding hydrogens is 116 g/mol. The van der Waals surface area contributed by atoms with E-state index in [0.717, 1.165) is 13.0 Å². The van der Waals surface area contributed by atoms with Crippen molar-refractivity contribution in [1.82, 2.24) is 5.01 Å². The van der Waals surface area contributed by atoms with Crippen LogP contribution in [0.1, 0.15) is 19.8 Å². The highest BCUT2D eigenvalue weighted by Crippen LogP contribution is 2.13. The van der Waals surface area contributed by atoms with E-state index in [-0.39, 0.29) is 5.91 Å². The first-order valence-corrected chi connectivity index (χ1v) is 3.25. The number of nitrogens with two attached hydrogens (primary N) is 1. The molecule has 1 rings (SSSR count). The number of hydrazine groups is 1. The second-order valence-electron chi connectivity index (χ2n) is 2.69. The smallest absolute Gasteiger partial charge is 0.236 e. The summed E-state index contributed by atoms with van der Waals surface area (Å²) in [5.41, 5.74) is 0. The summed E-state index contributed by atoms with van der Waals surface area (Å²) in [6.45, 7) is 2.82. The van der Waals surface area contributed by atoms with Crippen LogP contribution in [0.15, 0.2) is 0 Å². The van der Waals surface area contributed by atoms with Gasteiger partial charge in [-0.15, -0.1) is 0 Å². The van der Waals surface area contributed by atoms with E-state index in [4.69, 9.17) is 5.84 Å². The molecular formula is C6H12N2O. The fourth-order valence-corrected chi connectivity index (χ4v) is 1.04. The molecule has 1 saturated heterocycles. The number of rotatable bonds is 0. The van der Waals surface area contributed by atoms with E-state index < -0.39 is 0 Å². The Labute approximate surface area is 54.8 Å². The van der Waals surface area contributed by atoms with Gasteiger partial charge in [-0.05, 0) is 12.3 Å². The molecule has 3 heteroatoms. The van der Waals surface area contributed by atoms with Crippen LogP contribution in [0.5, 0.6) is 0 Å². The van der Waals surface area contributed by atoms with Crippen molar-refractivity contribution in [2.75, 3.05) is 6.54 Å². The maximum Gasteiger partial charge on any atom is 0.236 e. The highest BCUT2D eigenvalue weighted by molar-refractivity contribution is 5.76. The molecule has 0 aliphatic carbocycles. The summed E-state index contributed by atoms with van der Waals surface area (Å²) in [5.74, 6) is 6.01. The van der Waals surface area contributed by atoms with E-state index in [0.29, 0.717) is 12.3 Å². The fourth-order valence-electron chi connectivity index (χ4n) is 1.04. The summed E-state index contributed by atoms with van der Waals surface area (Å²) in [6, 6.07) is 0. The third-order valence-corrected chi connectivity index (χ3v) is 1.68. The van der Waals surface area contributed by atoms with Crippen LogP contribution >= 0.6 is 0 Å². The molecule has 0 aromatic carbocycles. The highest BCUT2D eigenvalue weighted by Gasteiger charge is 2.19. The number of hydrogen-bond donors (Lipinski definition) is 1. The molecule has 0 unspecified atom stereocenters. The molecule has 1 atom stereocenters. The van der Waals surface area contributed by atoms with Crippen LogP contribution in [0, 0.1) is 5.92 Å². The van der Waals surface area contributed by atoms with Crippen LogP contribution in [-0.2, 0) is 4.79 Å². The van der Waals surface area contributed by atoms with Gasteiger partial charge in [-0.3, -0.25) is 9.80 Å². The third-order valence-electron chi connectivity index (χ3n) is 1.68.